The fraction of sp³-hybridized carbons (Fsp3) is 0.240. The standard InChI is InChI=1S/C25H24F2N2O4/c1-15-22(16(2)28(3)23(15)25(32)33-4)21(30)14-29(13-17-8-10-19(26)11-9-17)24(31)18-6-5-7-20(27)12-18/h5-12H,13-14H2,1-4H3. The first-order chi connectivity index (χ1) is 15.6. The Balaban J connectivity index is 1.98. The zero-order valence-electron chi connectivity index (χ0n) is 18.8. The second kappa shape index (κ2) is 9.77. The summed E-state index contributed by atoms with van der Waals surface area (Å²) in [6.45, 7) is 3.03. The number of hydrogen-bond donors (Lipinski definition) is 0. The van der Waals surface area contributed by atoms with E-state index in [9.17, 15) is 23.2 Å². The topological polar surface area (TPSA) is 68.6 Å². The van der Waals surface area contributed by atoms with Crippen LogP contribution in [0.1, 0.15) is 48.0 Å². The summed E-state index contributed by atoms with van der Waals surface area (Å²) < 4.78 is 33.5. The van der Waals surface area contributed by atoms with Crippen molar-refractivity contribution in [2.75, 3.05) is 13.7 Å². The minimum atomic E-state index is -0.577. The third kappa shape index (κ3) is 5.00. The van der Waals surface area contributed by atoms with Gasteiger partial charge in [-0.15, -0.1) is 0 Å². The lowest BCUT2D eigenvalue weighted by Gasteiger charge is -2.23. The summed E-state index contributed by atoms with van der Waals surface area (Å²) in [4.78, 5) is 40.0. The van der Waals surface area contributed by atoms with Crippen LogP contribution < -0.4 is 0 Å². The van der Waals surface area contributed by atoms with Gasteiger partial charge in [0, 0.05) is 30.4 Å². The van der Waals surface area contributed by atoms with Gasteiger partial charge in [0.2, 0.25) is 0 Å². The molecule has 0 unspecified atom stereocenters. The van der Waals surface area contributed by atoms with Crippen LogP contribution in [0.5, 0.6) is 0 Å². The van der Waals surface area contributed by atoms with E-state index in [1.54, 1.807) is 25.5 Å². The van der Waals surface area contributed by atoms with Gasteiger partial charge in [0.25, 0.3) is 5.91 Å². The van der Waals surface area contributed by atoms with Gasteiger partial charge in [0.05, 0.1) is 13.7 Å². The Morgan fingerprint density at radius 1 is 1.00 bits per heavy atom. The Hall–Kier alpha value is -3.81. The van der Waals surface area contributed by atoms with Gasteiger partial charge in [-0.2, -0.15) is 0 Å². The number of Topliss-reactive ketones (excluding diaryl/α,β-unsaturated/α-hetero) is 1. The molecule has 0 N–H and O–H groups in total. The number of ketones is 1. The summed E-state index contributed by atoms with van der Waals surface area (Å²) >= 11 is 0. The van der Waals surface area contributed by atoms with E-state index in [0.29, 0.717) is 22.4 Å². The van der Waals surface area contributed by atoms with Crippen molar-refractivity contribution in [3.05, 3.63) is 93.8 Å². The van der Waals surface area contributed by atoms with Crippen LogP contribution in [0.15, 0.2) is 48.5 Å². The van der Waals surface area contributed by atoms with Gasteiger partial charge in [0.1, 0.15) is 17.3 Å². The SMILES string of the molecule is COC(=O)c1c(C)c(C(=O)CN(Cc2ccc(F)cc2)C(=O)c2cccc(F)c2)c(C)n1C. The van der Waals surface area contributed by atoms with E-state index in [4.69, 9.17) is 4.74 Å². The van der Waals surface area contributed by atoms with Crippen molar-refractivity contribution >= 4 is 17.7 Å². The number of aromatic nitrogens is 1. The summed E-state index contributed by atoms with van der Waals surface area (Å²) in [5, 5.41) is 0. The molecule has 0 spiro atoms. The van der Waals surface area contributed by atoms with Crippen molar-refractivity contribution < 1.29 is 27.9 Å². The van der Waals surface area contributed by atoms with Crippen molar-refractivity contribution in [2.45, 2.75) is 20.4 Å². The van der Waals surface area contributed by atoms with Gasteiger partial charge < -0.3 is 14.2 Å². The van der Waals surface area contributed by atoms with E-state index in [1.165, 1.54) is 54.5 Å². The first-order valence-corrected chi connectivity index (χ1v) is 10.2. The third-order valence-electron chi connectivity index (χ3n) is 5.57. The summed E-state index contributed by atoms with van der Waals surface area (Å²) in [7, 11) is 2.91. The fourth-order valence-corrected chi connectivity index (χ4v) is 3.84. The van der Waals surface area contributed by atoms with Crippen LogP contribution in [-0.2, 0) is 18.3 Å². The van der Waals surface area contributed by atoms with Gasteiger partial charge in [-0.05, 0) is 55.3 Å². The molecular formula is C25H24F2N2O4. The molecule has 0 aliphatic heterocycles. The van der Waals surface area contributed by atoms with Crippen LogP contribution in [0.25, 0.3) is 0 Å². The van der Waals surface area contributed by atoms with Crippen molar-refractivity contribution in [3.63, 3.8) is 0 Å². The van der Waals surface area contributed by atoms with E-state index in [1.807, 2.05) is 0 Å². The summed E-state index contributed by atoms with van der Waals surface area (Å²) in [6, 6.07) is 10.7. The maximum absolute atomic E-state index is 13.7. The van der Waals surface area contributed by atoms with Gasteiger partial charge in [-0.3, -0.25) is 9.59 Å². The number of carbonyl (C=O) groups excluding carboxylic acids is 3. The summed E-state index contributed by atoms with van der Waals surface area (Å²) in [5.74, 6) is -2.51. The highest BCUT2D eigenvalue weighted by molar-refractivity contribution is 6.06. The minimum Gasteiger partial charge on any atom is -0.464 e. The molecule has 6 nitrogen and oxygen atoms in total. The van der Waals surface area contributed by atoms with Crippen molar-refractivity contribution in [1.29, 1.82) is 0 Å². The molecule has 0 saturated carbocycles. The number of benzene rings is 2. The predicted molar refractivity (Wildman–Crippen MR) is 118 cm³/mol. The molecule has 0 aliphatic carbocycles. The molecular weight excluding hydrogens is 430 g/mol. The van der Waals surface area contributed by atoms with Crippen molar-refractivity contribution in [3.8, 4) is 0 Å². The molecule has 0 bridgehead atoms. The molecule has 0 fully saturated rings. The van der Waals surface area contributed by atoms with E-state index in [-0.39, 0.29) is 30.1 Å². The molecule has 1 amide bonds. The first kappa shape index (κ1) is 23.8. The highest BCUT2D eigenvalue weighted by Crippen LogP contribution is 2.23. The number of rotatable bonds is 7. The zero-order valence-corrected chi connectivity index (χ0v) is 18.8. The monoisotopic (exact) mass is 454 g/mol. The molecule has 33 heavy (non-hydrogen) atoms. The van der Waals surface area contributed by atoms with E-state index in [2.05, 4.69) is 0 Å². The Bertz CT molecular complexity index is 1220. The molecule has 0 atom stereocenters. The smallest absolute Gasteiger partial charge is 0.354 e. The Kier molecular flexibility index (Phi) is 7.06. The van der Waals surface area contributed by atoms with Crippen LogP contribution >= 0.6 is 0 Å². The van der Waals surface area contributed by atoms with Crippen LogP contribution in [0.3, 0.4) is 0 Å². The van der Waals surface area contributed by atoms with E-state index in [0.717, 1.165) is 6.07 Å². The van der Waals surface area contributed by atoms with E-state index < -0.39 is 23.5 Å². The lowest BCUT2D eigenvalue weighted by molar-refractivity contribution is 0.0588. The highest BCUT2D eigenvalue weighted by atomic mass is 19.1. The quantitative estimate of drug-likeness (QED) is 0.396. The normalized spacial score (nSPS) is 10.7. The number of amides is 1. The average Bonchev–Trinajstić information content (AvgIpc) is 3.01. The third-order valence-corrected chi connectivity index (χ3v) is 5.57. The van der Waals surface area contributed by atoms with Crippen molar-refractivity contribution in [1.82, 2.24) is 9.47 Å². The molecule has 0 radical (unpaired) electrons. The van der Waals surface area contributed by atoms with Gasteiger partial charge in [0.15, 0.2) is 5.78 Å². The van der Waals surface area contributed by atoms with Crippen LogP contribution in [-0.4, -0.2) is 40.8 Å². The lowest BCUT2D eigenvalue weighted by atomic mass is 10.0. The van der Waals surface area contributed by atoms with Gasteiger partial charge in [-0.1, -0.05) is 18.2 Å². The summed E-state index contributed by atoms with van der Waals surface area (Å²) in [6.07, 6.45) is 0. The second-order valence-corrected chi connectivity index (χ2v) is 7.71. The van der Waals surface area contributed by atoms with Crippen LogP contribution in [0, 0.1) is 25.5 Å². The predicted octanol–water partition coefficient (Wildman–Crippen LogP) is 4.23. The average molecular weight is 454 g/mol. The number of carbonyl (C=O) groups is 3. The fourth-order valence-electron chi connectivity index (χ4n) is 3.84. The molecule has 3 aromatic rings. The molecule has 0 saturated heterocycles. The maximum atomic E-state index is 13.7. The lowest BCUT2D eigenvalue weighted by Crippen LogP contribution is -2.35. The molecule has 172 valence electrons. The number of ether oxygens (including phenoxy) is 1. The van der Waals surface area contributed by atoms with Gasteiger partial charge >= 0.3 is 5.97 Å². The molecule has 1 aromatic heterocycles. The summed E-state index contributed by atoms with van der Waals surface area (Å²) in [5.41, 5.74) is 2.26. The molecule has 3 rings (SSSR count). The number of esters is 1. The van der Waals surface area contributed by atoms with E-state index >= 15 is 0 Å². The highest BCUT2D eigenvalue weighted by Gasteiger charge is 2.28. The van der Waals surface area contributed by atoms with Crippen molar-refractivity contribution in [2.24, 2.45) is 7.05 Å². The molecule has 1 heterocycles. The maximum Gasteiger partial charge on any atom is 0.354 e. The molecule has 2 aromatic carbocycles. The molecule has 0 aliphatic rings. The Labute approximate surface area is 190 Å². The first-order valence-electron chi connectivity index (χ1n) is 10.2. The van der Waals surface area contributed by atoms with Crippen LogP contribution in [0.4, 0.5) is 8.78 Å². The van der Waals surface area contributed by atoms with Crippen LogP contribution in [0.2, 0.25) is 0 Å². The zero-order chi connectivity index (χ0) is 24.3. The molecule has 8 heteroatoms. The number of nitrogens with zero attached hydrogens (tertiary/aromatic N) is 2. The number of methoxy groups -OCH3 is 1. The number of halogens is 2. The Morgan fingerprint density at radius 2 is 1.67 bits per heavy atom. The minimum absolute atomic E-state index is 0.0101. The Morgan fingerprint density at radius 3 is 2.27 bits per heavy atom. The van der Waals surface area contributed by atoms with Gasteiger partial charge in [-0.25, -0.2) is 13.6 Å². The number of hydrogen-bond acceptors (Lipinski definition) is 4. The second-order valence-electron chi connectivity index (χ2n) is 7.71. The largest absolute Gasteiger partial charge is 0.464 e.